The number of phenols is 2. The summed E-state index contributed by atoms with van der Waals surface area (Å²) in [5.74, 6) is -0.370. The van der Waals surface area contributed by atoms with Crippen LogP contribution in [0.2, 0.25) is 0 Å². The zero-order valence-electron chi connectivity index (χ0n) is 11.2. The van der Waals surface area contributed by atoms with Crippen LogP contribution in [0, 0.1) is 0 Å². The Labute approximate surface area is 130 Å². The van der Waals surface area contributed by atoms with Crippen LogP contribution in [0.4, 0.5) is 0 Å². The van der Waals surface area contributed by atoms with Crippen LogP contribution in [0.1, 0.15) is 22.8 Å². The van der Waals surface area contributed by atoms with E-state index in [-0.39, 0.29) is 17.4 Å². The standard InChI is InChI=1S/C15H13BrN2O3/c1-9(13-8-12(19)6-7-14(13)20)17-18-15(21)10-2-4-11(16)5-3-10/h2-8,19-20H,1H3,(H,18,21)/b17-9+. The zero-order chi connectivity index (χ0) is 15.4. The molecule has 0 radical (unpaired) electrons. The van der Waals surface area contributed by atoms with Crippen molar-refractivity contribution < 1.29 is 15.0 Å². The first-order chi connectivity index (χ1) is 9.97. The third-order valence-corrected chi connectivity index (χ3v) is 3.33. The number of carbonyl (C=O) groups is 1. The number of aromatic hydroxyl groups is 2. The molecule has 0 saturated carbocycles. The number of benzene rings is 2. The van der Waals surface area contributed by atoms with E-state index in [0.717, 1.165) is 4.47 Å². The Balaban J connectivity index is 2.14. The molecule has 0 unspecified atom stereocenters. The first-order valence-electron chi connectivity index (χ1n) is 6.10. The number of nitrogens with zero attached hydrogens (tertiary/aromatic N) is 1. The van der Waals surface area contributed by atoms with Gasteiger partial charge in [0.05, 0.1) is 5.71 Å². The molecule has 0 aromatic heterocycles. The molecule has 0 fully saturated rings. The quantitative estimate of drug-likeness (QED) is 0.453. The number of nitrogens with one attached hydrogen (secondary N) is 1. The van der Waals surface area contributed by atoms with Gasteiger partial charge in [0.2, 0.25) is 0 Å². The average molecular weight is 349 g/mol. The highest BCUT2D eigenvalue weighted by Gasteiger charge is 2.08. The van der Waals surface area contributed by atoms with Gasteiger partial charge in [0.1, 0.15) is 11.5 Å². The summed E-state index contributed by atoms with van der Waals surface area (Å²) < 4.78 is 0.878. The fourth-order valence-corrected chi connectivity index (χ4v) is 1.94. The molecule has 0 atom stereocenters. The summed E-state index contributed by atoms with van der Waals surface area (Å²) in [6, 6.07) is 10.9. The number of amides is 1. The van der Waals surface area contributed by atoms with Gasteiger partial charge in [0.25, 0.3) is 5.91 Å². The van der Waals surface area contributed by atoms with E-state index in [2.05, 4.69) is 26.5 Å². The predicted octanol–water partition coefficient (Wildman–Crippen LogP) is 3.01. The second kappa shape index (κ2) is 6.41. The van der Waals surface area contributed by atoms with Crippen molar-refractivity contribution in [3.8, 4) is 11.5 Å². The minimum Gasteiger partial charge on any atom is -0.508 e. The highest BCUT2D eigenvalue weighted by atomic mass is 79.9. The van der Waals surface area contributed by atoms with E-state index in [0.29, 0.717) is 16.8 Å². The van der Waals surface area contributed by atoms with Crippen molar-refractivity contribution >= 4 is 27.5 Å². The molecule has 6 heteroatoms. The van der Waals surface area contributed by atoms with Gasteiger partial charge in [-0.2, -0.15) is 5.10 Å². The smallest absolute Gasteiger partial charge is 0.271 e. The van der Waals surface area contributed by atoms with Gasteiger partial charge in [-0.3, -0.25) is 4.79 Å². The topological polar surface area (TPSA) is 81.9 Å². The molecular formula is C15H13BrN2O3. The van der Waals surface area contributed by atoms with Gasteiger partial charge in [-0.25, -0.2) is 5.43 Å². The lowest BCUT2D eigenvalue weighted by Gasteiger charge is -2.06. The van der Waals surface area contributed by atoms with Crippen molar-refractivity contribution in [2.45, 2.75) is 6.92 Å². The predicted molar refractivity (Wildman–Crippen MR) is 83.6 cm³/mol. The van der Waals surface area contributed by atoms with Crippen LogP contribution in [0.3, 0.4) is 0 Å². The Morgan fingerprint density at radius 3 is 2.48 bits per heavy atom. The Kier molecular flexibility index (Phi) is 4.59. The van der Waals surface area contributed by atoms with Crippen molar-refractivity contribution in [2.75, 3.05) is 0 Å². The molecular weight excluding hydrogens is 336 g/mol. The fourth-order valence-electron chi connectivity index (χ4n) is 1.67. The lowest BCUT2D eigenvalue weighted by Crippen LogP contribution is -2.19. The van der Waals surface area contributed by atoms with Gasteiger partial charge >= 0.3 is 0 Å². The molecule has 2 rings (SSSR count). The molecule has 2 aromatic carbocycles. The van der Waals surface area contributed by atoms with Crippen molar-refractivity contribution in [3.63, 3.8) is 0 Å². The number of phenolic OH excluding ortho intramolecular Hbond substituents is 2. The number of hydrogen-bond acceptors (Lipinski definition) is 4. The maximum Gasteiger partial charge on any atom is 0.271 e. The molecule has 21 heavy (non-hydrogen) atoms. The maximum atomic E-state index is 11.9. The summed E-state index contributed by atoms with van der Waals surface area (Å²) in [6.07, 6.45) is 0. The normalized spacial score (nSPS) is 11.2. The third-order valence-electron chi connectivity index (χ3n) is 2.80. The highest BCUT2D eigenvalue weighted by Crippen LogP contribution is 2.22. The summed E-state index contributed by atoms with van der Waals surface area (Å²) in [5, 5.41) is 23.0. The van der Waals surface area contributed by atoms with Crippen molar-refractivity contribution in [1.29, 1.82) is 0 Å². The van der Waals surface area contributed by atoms with Crippen molar-refractivity contribution in [3.05, 3.63) is 58.1 Å². The Morgan fingerprint density at radius 2 is 1.81 bits per heavy atom. The number of hydrazone groups is 1. The van der Waals surface area contributed by atoms with Crippen LogP contribution in [0.25, 0.3) is 0 Å². The average Bonchev–Trinajstić information content (AvgIpc) is 2.47. The second-order valence-electron chi connectivity index (χ2n) is 4.35. The second-order valence-corrected chi connectivity index (χ2v) is 5.26. The van der Waals surface area contributed by atoms with Crippen LogP contribution in [0.15, 0.2) is 52.0 Å². The Hall–Kier alpha value is -2.34. The number of rotatable bonds is 3. The summed E-state index contributed by atoms with van der Waals surface area (Å²) >= 11 is 3.29. The van der Waals surface area contributed by atoms with Gasteiger partial charge in [-0.1, -0.05) is 15.9 Å². The molecule has 5 nitrogen and oxygen atoms in total. The Morgan fingerprint density at radius 1 is 1.14 bits per heavy atom. The minimum atomic E-state index is -0.360. The van der Waals surface area contributed by atoms with E-state index in [1.807, 2.05) is 0 Å². The third kappa shape index (κ3) is 3.82. The van der Waals surface area contributed by atoms with E-state index >= 15 is 0 Å². The molecule has 0 bridgehead atoms. The lowest BCUT2D eigenvalue weighted by molar-refractivity contribution is 0.0955. The summed E-state index contributed by atoms with van der Waals surface area (Å²) in [5.41, 5.74) is 3.61. The van der Waals surface area contributed by atoms with Gasteiger partial charge in [0, 0.05) is 15.6 Å². The van der Waals surface area contributed by atoms with Crippen LogP contribution in [-0.2, 0) is 0 Å². The molecule has 0 saturated heterocycles. The summed E-state index contributed by atoms with van der Waals surface area (Å²) in [4.78, 5) is 11.9. The maximum absolute atomic E-state index is 11.9. The molecule has 108 valence electrons. The largest absolute Gasteiger partial charge is 0.508 e. The molecule has 0 aliphatic heterocycles. The first kappa shape index (κ1) is 15.1. The van der Waals surface area contributed by atoms with Crippen molar-refractivity contribution in [2.24, 2.45) is 5.10 Å². The highest BCUT2D eigenvalue weighted by molar-refractivity contribution is 9.10. The summed E-state index contributed by atoms with van der Waals surface area (Å²) in [7, 11) is 0. The minimum absolute atomic E-state index is 0.0107. The van der Waals surface area contributed by atoms with E-state index in [9.17, 15) is 15.0 Å². The lowest BCUT2D eigenvalue weighted by atomic mass is 10.1. The number of carbonyl (C=O) groups excluding carboxylic acids is 1. The molecule has 0 spiro atoms. The molecule has 0 heterocycles. The Bertz CT molecular complexity index is 697. The fraction of sp³-hybridized carbons (Fsp3) is 0.0667. The monoisotopic (exact) mass is 348 g/mol. The molecule has 2 aromatic rings. The SMILES string of the molecule is C/C(=N\NC(=O)c1ccc(Br)cc1)c1cc(O)ccc1O. The van der Waals surface area contributed by atoms with Crippen LogP contribution in [-0.4, -0.2) is 21.8 Å². The molecule has 0 aliphatic rings. The van der Waals surface area contributed by atoms with Crippen LogP contribution in [0.5, 0.6) is 11.5 Å². The number of halogens is 1. The molecule has 1 amide bonds. The van der Waals surface area contributed by atoms with Crippen LogP contribution < -0.4 is 5.43 Å². The van der Waals surface area contributed by atoms with Gasteiger partial charge < -0.3 is 10.2 Å². The van der Waals surface area contributed by atoms with E-state index in [1.54, 1.807) is 31.2 Å². The first-order valence-corrected chi connectivity index (χ1v) is 6.89. The molecule has 0 aliphatic carbocycles. The van der Waals surface area contributed by atoms with Gasteiger partial charge in [0.15, 0.2) is 0 Å². The molecule has 3 N–H and O–H groups in total. The summed E-state index contributed by atoms with van der Waals surface area (Å²) in [6.45, 7) is 1.62. The number of hydrogen-bond donors (Lipinski definition) is 3. The van der Waals surface area contributed by atoms with Gasteiger partial charge in [-0.15, -0.1) is 0 Å². The van der Waals surface area contributed by atoms with Gasteiger partial charge in [-0.05, 0) is 49.4 Å². The van der Waals surface area contributed by atoms with E-state index in [4.69, 9.17) is 0 Å². The van der Waals surface area contributed by atoms with Crippen molar-refractivity contribution in [1.82, 2.24) is 5.43 Å². The van der Waals surface area contributed by atoms with E-state index in [1.165, 1.54) is 18.2 Å². The van der Waals surface area contributed by atoms with Crippen LogP contribution >= 0.6 is 15.9 Å². The van der Waals surface area contributed by atoms with E-state index < -0.39 is 0 Å². The zero-order valence-corrected chi connectivity index (χ0v) is 12.8.